The molecule has 0 aromatic heterocycles. The van der Waals surface area contributed by atoms with Crippen LogP contribution in [-0.2, 0) is 6.54 Å². The zero-order chi connectivity index (χ0) is 13.7. The van der Waals surface area contributed by atoms with Gasteiger partial charge in [-0.3, -0.25) is 0 Å². The molecular formula is C15H16BrNO2. The first-order valence-electron chi connectivity index (χ1n) is 6.08. The number of halogens is 1. The summed E-state index contributed by atoms with van der Waals surface area (Å²) in [5.41, 5.74) is 1.68. The van der Waals surface area contributed by atoms with Crippen molar-refractivity contribution in [2.45, 2.75) is 12.6 Å². The molecule has 0 saturated heterocycles. The summed E-state index contributed by atoms with van der Waals surface area (Å²) in [6.07, 6.45) is -0.546. The van der Waals surface area contributed by atoms with Crippen LogP contribution in [0.1, 0.15) is 17.2 Å². The Morgan fingerprint density at radius 3 is 2.58 bits per heavy atom. The maximum absolute atomic E-state index is 9.99. The second-order valence-electron chi connectivity index (χ2n) is 4.33. The van der Waals surface area contributed by atoms with Gasteiger partial charge in [0.15, 0.2) is 0 Å². The lowest BCUT2D eigenvalue weighted by Crippen LogP contribution is -2.21. The highest BCUT2D eigenvalue weighted by atomic mass is 79.9. The molecule has 0 saturated carbocycles. The molecule has 0 fully saturated rings. The van der Waals surface area contributed by atoms with Crippen LogP contribution in [0.2, 0.25) is 0 Å². The van der Waals surface area contributed by atoms with E-state index in [1.165, 1.54) is 0 Å². The van der Waals surface area contributed by atoms with Gasteiger partial charge < -0.3 is 15.5 Å². The summed E-state index contributed by atoms with van der Waals surface area (Å²) in [5.74, 6) is 0.255. The molecule has 0 aliphatic heterocycles. The Labute approximate surface area is 121 Å². The van der Waals surface area contributed by atoms with Crippen LogP contribution in [0.5, 0.6) is 5.75 Å². The van der Waals surface area contributed by atoms with E-state index < -0.39 is 6.10 Å². The Hall–Kier alpha value is -1.36. The molecule has 3 N–H and O–H groups in total. The Kier molecular flexibility index (Phi) is 4.96. The molecule has 0 radical (unpaired) electrons. The van der Waals surface area contributed by atoms with E-state index in [0.717, 1.165) is 15.6 Å². The van der Waals surface area contributed by atoms with Crippen LogP contribution in [0.15, 0.2) is 53.0 Å². The van der Waals surface area contributed by atoms with Crippen LogP contribution in [-0.4, -0.2) is 16.8 Å². The minimum Gasteiger partial charge on any atom is -0.508 e. The molecule has 0 aliphatic rings. The van der Waals surface area contributed by atoms with E-state index in [9.17, 15) is 10.2 Å². The van der Waals surface area contributed by atoms with E-state index in [1.807, 2.05) is 36.4 Å². The molecule has 19 heavy (non-hydrogen) atoms. The van der Waals surface area contributed by atoms with Crippen LogP contribution < -0.4 is 5.32 Å². The number of benzene rings is 2. The summed E-state index contributed by atoms with van der Waals surface area (Å²) in [5, 5.41) is 22.8. The van der Waals surface area contributed by atoms with Crippen molar-refractivity contribution in [2.75, 3.05) is 6.54 Å². The number of aliphatic hydroxyl groups excluding tert-OH is 1. The highest BCUT2D eigenvalue weighted by Gasteiger charge is 2.07. The molecule has 0 aliphatic carbocycles. The zero-order valence-corrected chi connectivity index (χ0v) is 12.0. The Bertz CT molecular complexity index is 531. The van der Waals surface area contributed by atoms with E-state index >= 15 is 0 Å². The molecular weight excluding hydrogens is 306 g/mol. The smallest absolute Gasteiger partial charge is 0.120 e. The number of aromatic hydroxyl groups is 1. The van der Waals surface area contributed by atoms with Gasteiger partial charge in [-0.25, -0.2) is 0 Å². The standard InChI is InChI=1S/C15H16BrNO2/c16-13-6-7-14(18)12(8-13)9-17-10-15(19)11-4-2-1-3-5-11/h1-8,15,17-19H,9-10H2/t15-/m1/s1. The Morgan fingerprint density at radius 1 is 1.11 bits per heavy atom. The van der Waals surface area contributed by atoms with E-state index in [0.29, 0.717) is 13.1 Å². The van der Waals surface area contributed by atoms with Crippen molar-refractivity contribution in [3.05, 3.63) is 64.1 Å². The number of nitrogens with one attached hydrogen (secondary N) is 1. The van der Waals surface area contributed by atoms with Crippen molar-refractivity contribution in [2.24, 2.45) is 0 Å². The summed E-state index contributed by atoms with van der Waals surface area (Å²) in [6.45, 7) is 0.950. The van der Waals surface area contributed by atoms with Gasteiger partial charge in [0.2, 0.25) is 0 Å². The average Bonchev–Trinajstić information content (AvgIpc) is 2.43. The van der Waals surface area contributed by atoms with Gasteiger partial charge >= 0.3 is 0 Å². The predicted octanol–water partition coefficient (Wildman–Crippen LogP) is 2.98. The van der Waals surface area contributed by atoms with Crippen molar-refractivity contribution < 1.29 is 10.2 Å². The summed E-state index contributed by atoms with van der Waals surface area (Å²) in [7, 11) is 0. The van der Waals surface area contributed by atoms with Crippen LogP contribution >= 0.6 is 15.9 Å². The number of rotatable bonds is 5. The fourth-order valence-corrected chi connectivity index (χ4v) is 2.24. The summed E-state index contributed by atoms with van der Waals surface area (Å²) in [6, 6.07) is 14.8. The Balaban J connectivity index is 1.88. The molecule has 2 rings (SSSR count). The van der Waals surface area contributed by atoms with E-state index in [2.05, 4.69) is 21.2 Å². The molecule has 0 unspecified atom stereocenters. The van der Waals surface area contributed by atoms with Crippen LogP contribution in [0, 0.1) is 0 Å². The second kappa shape index (κ2) is 6.70. The molecule has 0 heterocycles. The highest BCUT2D eigenvalue weighted by molar-refractivity contribution is 9.10. The van der Waals surface area contributed by atoms with Gasteiger partial charge in [0, 0.05) is 23.1 Å². The van der Waals surface area contributed by atoms with Gasteiger partial charge in [-0.1, -0.05) is 46.3 Å². The lowest BCUT2D eigenvalue weighted by molar-refractivity contribution is 0.174. The SMILES string of the molecule is Oc1ccc(Br)cc1CNC[C@@H](O)c1ccccc1. The van der Waals surface area contributed by atoms with Gasteiger partial charge in [0.1, 0.15) is 5.75 Å². The predicted molar refractivity (Wildman–Crippen MR) is 78.9 cm³/mol. The van der Waals surface area contributed by atoms with Crippen LogP contribution in [0.4, 0.5) is 0 Å². The number of phenolic OH excluding ortho intramolecular Hbond substituents is 1. The molecule has 100 valence electrons. The summed E-state index contributed by atoms with van der Waals surface area (Å²) < 4.78 is 0.922. The third-order valence-corrected chi connectivity index (χ3v) is 3.37. The lowest BCUT2D eigenvalue weighted by atomic mass is 10.1. The van der Waals surface area contributed by atoms with E-state index in [4.69, 9.17) is 0 Å². The third-order valence-electron chi connectivity index (χ3n) is 2.88. The number of hydrogen-bond acceptors (Lipinski definition) is 3. The van der Waals surface area contributed by atoms with Crippen molar-refractivity contribution in [3.63, 3.8) is 0 Å². The monoisotopic (exact) mass is 321 g/mol. The van der Waals surface area contributed by atoms with Gasteiger partial charge in [-0.05, 0) is 23.8 Å². The van der Waals surface area contributed by atoms with Gasteiger partial charge in [-0.15, -0.1) is 0 Å². The highest BCUT2D eigenvalue weighted by Crippen LogP contribution is 2.21. The maximum Gasteiger partial charge on any atom is 0.120 e. The van der Waals surface area contributed by atoms with Crippen LogP contribution in [0.3, 0.4) is 0 Å². The minimum atomic E-state index is -0.546. The van der Waals surface area contributed by atoms with Crippen molar-refractivity contribution in [1.29, 1.82) is 0 Å². The first-order valence-corrected chi connectivity index (χ1v) is 6.87. The number of aliphatic hydroxyl groups is 1. The summed E-state index contributed by atoms with van der Waals surface area (Å²) in [4.78, 5) is 0. The normalized spacial score (nSPS) is 12.3. The first-order chi connectivity index (χ1) is 9.16. The van der Waals surface area contributed by atoms with Gasteiger partial charge in [0.25, 0.3) is 0 Å². The fourth-order valence-electron chi connectivity index (χ4n) is 1.83. The first kappa shape index (κ1) is 14.1. The summed E-state index contributed by atoms with van der Waals surface area (Å²) >= 11 is 3.37. The Morgan fingerprint density at radius 2 is 1.84 bits per heavy atom. The van der Waals surface area contributed by atoms with Crippen molar-refractivity contribution >= 4 is 15.9 Å². The average molecular weight is 322 g/mol. The fraction of sp³-hybridized carbons (Fsp3) is 0.200. The number of hydrogen-bond donors (Lipinski definition) is 3. The largest absolute Gasteiger partial charge is 0.508 e. The van der Waals surface area contributed by atoms with Gasteiger partial charge in [-0.2, -0.15) is 0 Å². The molecule has 4 heteroatoms. The molecule has 0 amide bonds. The van der Waals surface area contributed by atoms with Gasteiger partial charge in [0.05, 0.1) is 6.10 Å². The quantitative estimate of drug-likeness (QED) is 0.793. The van der Waals surface area contributed by atoms with Crippen molar-refractivity contribution in [1.82, 2.24) is 5.32 Å². The van der Waals surface area contributed by atoms with E-state index in [1.54, 1.807) is 12.1 Å². The number of phenols is 1. The lowest BCUT2D eigenvalue weighted by Gasteiger charge is -2.13. The molecule has 2 aromatic rings. The molecule has 0 spiro atoms. The molecule has 2 aromatic carbocycles. The van der Waals surface area contributed by atoms with Crippen LogP contribution in [0.25, 0.3) is 0 Å². The topological polar surface area (TPSA) is 52.5 Å². The second-order valence-corrected chi connectivity index (χ2v) is 5.25. The molecule has 0 bridgehead atoms. The third kappa shape index (κ3) is 4.06. The minimum absolute atomic E-state index is 0.255. The molecule has 1 atom stereocenters. The van der Waals surface area contributed by atoms with E-state index in [-0.39, 0.29) is 5.75 Å². The maximum atomic E-state index is 9.99. The van der Waals surface area contributed by atoms with Crippen molar-refractivity contribution in [3.8, 4) is 5.75 Å². The zero-order valence-electron chi connectivity index (χ0n) is 10.4. The molecule has 3 nitrogen and oxygen atoms in total.